The highest BCUT2D eigenvalue weighted by Gasteiger charge is 2.36. The number of aryl methyl sites for hydroxylation is 1. The van der Waals surface area contributed by atoms with Crippen molar-refractivity contribution in [3.05, 3.63) is 11.8 Å². The van der Waals surface area contributed by atoms with Crippen LogP contribution in [0.3, 0.4) is 0 Å². The monoisotopic (exact) mass is 253 g/mol. The van der Waals surface area contributed by atoms with Gasteiger partial charge in [-0.2, -0.15) is 0 Å². The van der Waals surface area contributed by atoms with E-state index in [1.807, 2.05) is 0 Å². The lowest BCUT2D eigenvalue weighted by Crippen LogP contribution is -2.42. The summed E-state index contributed by atoms with van der Waals surface area (Å²) < 4.78 is 4.80. The number of aromatic nitrogens is 1. The lowest BCUT2D eigenvalue weighted by molar-refractivity contribution is -0.140. The van der Waals surface area contributed by atoms with Crippen LogP contribution in [0.15, 0.2) is 10.6 Å². The molecule has 0 spiro atoms. The molecule has 1 fully saturated rings. The topological polar surface area (TPSA) is 104 Å². The third-order valence-electron chi connectivity index (χ3n) is 2.74. The lowest BCUT2D eigenvalue weighted by atomic mass is 10.2. The van der Waals surface area contributed by atoms with Gasteiger partial charge >= 0.3 is 5.97 Å². The fourth-order valence-electron chi connectivity index (χ4n) is 1.70. The Kier molecular flexibility index (Phi) is 3.61. The Morgan fingerprint density at radius 3 is 2.83 bits per heavy atom. The van der Waals surface area contributed by atoms with Crippen molar-refractivity contribution in [2.75, 3.05) is 11.9 Å². The van der Waals surface area contributed by atoms with Crippen LogP contribution in [-0.4, -0.2) is 34.7 Å². The average Bonchev–Trinajstić information content (AvgIpc) is 3.03. The van der Waals surface area contributed by atoms with Crippen LogP contribution in [0.2, 0.25) is 0 Å². The van der Waals surface area contributed by atoms with Gasteiger partial charge in [-0.1, -0.05) is 5.16 Å². The van der Waals surface area contributed by atoms with Crippen molar-refractivity contribution in [1.82, 2.24) is 10.5 Å². The van der Waals surface area contributed by atoms with Crippen molar-refractivity contribution < 1.29 is 19.2 Å². The van der Waals surface area contributed by atoms with E-state index in [2.05, 4.69) is 15.8 Å². The summed E-state index contributed by atoms with van der Waals surface area (Å²) in [6.45, 7) is 1.66. The van der Waals surface area contributed by atoms with Crippen LogP contribution >= 0.6 is 0 Å². The zero-order valence-corrected chi connectivity index (χ0v) is 9.97. The van der Waals surface area contributed by atoms with Crippen molar-refractivity contribution >= 4 is 17.7 Å². The SMILES string of the molecule is Cc1cc(NC(=O)CNC(C(=O)O)C2CC2)no1. The maximum absolute atomic E-state index is 11.5. The Balaban J connectivity index is 1.78. The smallest absolute Gasteiger partial charge is 0.320 e. The first-order valence-electron chi connectivity index (χ1n) is 5.75. The van der Waals surface area contributed by atoms with E-state index in [4.69, 9.17) is 9.63 Å². The van der Waals surface area contributed by atoms with Crippen molar-refractivity contribution in [1.29, 1.82) is 0 Å². The van der Waals surface area contributed by atoms with Gasteiger partial charge in [0.2, 0.25) is 5.91 Å². The minimum Gasteiger partial charge on any atom is -0.480 e. The minimum atomic E-state index is -0.914. The summed E-state index contributed by atoms with van der Waals surface area (Å²) in [7, 11) is 0. The Bertz CT molecular complexity index is 453. The van der Waals surface area contributed by atoms with Gasteiger partial charge in [-0.15, -0.1) is 0 Å². The van der Waals surface area contributed by atoms with Crippen LogP contribution in [0, 0.1) is 12.8 Å². The van der Waals surface area contributed by atoms with Crippen LogP contribution in [-0.2, 0) is 9.59 Å². The van der Waals surface area contributed by atoms with E-state index in [-0.39, 0.29) is 18.4 Å². The van der Waals surface area contributed by atoms with Crippen LogP contribution in [0.4, 0.5) is 5.82 Å². The van der Waals surface area contributed by atoms with Crippen LogP contribution in [0.1, 0.15) is 18.6 Å². The zero-order valence-electron chi connectivity index (χ0n) is 9.97. The first-order valence-corrected chi connectivity index (χ1v) is 5.75. The normalized spacial score (nSPS) is 16.3. The van der Waals surface area contributed by atoms with Gasteiger partial charge in [-0.3, -0.25) is 14.9 Å². The summed E-state index contributed by atoms with van der Waals surface area (Å²) in [5, 5.41) is 17.8. The molecule has 1 atom stereocenters. The molecule has 18 heavy (non-hydrogen) atoms. The average molecular weight is 253 g/mol. The Morgan fingerprint density at radius 1 is 1.61 bits per heavy atom. The molecule has 0 saturated heterocycles. The maximum atomic E-state index is 11.5. The predicted octanol–water partition coefficient (Wildman–Crippen LogP) is 0.374. The second kappa shape index (κ2) is 5.18. The molecule has 98 valence electrons. The Labute approximate surface area is 104 Å². The first kappa shape index (κ1) is 12.6. The highest BCUT2D eigenvalue weighted by molar-refractivity contribution is 5.91. The quantitative estimate of drug-likeness (QED) is 0.676. The molecular weight excluding hydrogens is 238 g/mol. The van der Waals surface area contributed by atoms with Crippen LogP contribution < -0.4 is 10.6 Å². The number of carboxylic acids is 1. The molecule has 3 N–H and O–H groups in total. The molecule has 0 aliphatic heterocycles. The van der Waals surface area contributed by atoms with Crippen LogP contribution in [0.5, 0.6) is 0 Å². The summed E-state index contributed by atoms with van der Waals surface area (Å²) in [6.07, 6.45) is 1.79. The largest absolute Gasteiger partial charge is 0.480 e. The molecule has 1 aromatic heterocycles. The standard InChI is InChI=1S/C11H15N3O4/c1-6-4-8(14-18-6)13-9(15)5-12-10(11(16)17)7-2-3-7/h4,7,10,12H,2-3,5H2,1H3,(H,16,17)(H,13,14,15). The van der Waals surface area contributed by atoms with E-state index in [0.29, 0.717) is 11.6 Å². The number of hydrogen-bond donors (Lipinski definition) is 3. The molecule has 1 heterocycles. The van der Waals surface area contributed by atoms with Gasteiger partial charge in [0.05, 0.1) is 6.54 Å². The molecule has 0 radical (unpaired) electrons. The number of hydrogen-bond acceptors (Lipinski definition) is 5. The fourth-order valence-corrected chi connectivity index (χ4v) is 1.70. The third kappa shape index (κ3) is 3.30. The number of carbonyl (C=O) groups is 2. The highest BCUT2D eigenvalue weighted by atomic mass is 16.5. The summed E-state index contributed by atoms with van der Waals surface area (Å²) in [6, 6.07) is 0.947. The summed E-state index contributed by atoms with van der Waals surface area (Å²) in [5.74, 6) is -0.181. The summed E-state index contributed by atoms with van der Waals surface area (Å²) in [4.78, 5) is 22.5. The molecule has 7 nitrogen and oxygen atoms in total. The number of amides is 1. The Morgan fingerprint density at radius 2 is 2.33 bits per heavy atom. The zero-order chi connectivity index (χ0) is 13.1. The number of carbonyl (C=O) groups excluding carboxylic acids is 1. The van der Waals surface area contributed by atoms with Gasteiger partial charge in [0, 0.05) is 6.07 Å². The highest BCUT2D eigenvalue weighted by Crippen LogP contribution is 2.32. The van der Waals surface area contributed by atoms with Gasteiger partial charge in [-0.25, -0.2) is 0 Å². The second-order valence-electron chi connectivity index (χ2n) is 4.41. The van der Waals surface area contributed by atoms with E-state index in [1.54, 1.807) is 13.0 Å². The van der Waals surface area contributed by atoms with E-state index in [9.17, 15) is 9.59 Å². The van der Waals surface area contributed by atoms with Crippen LogP contribution in [0.25, 0.3) is 0 Å². The van der Waals surface area contributed by atoms with Crippen molar-refractivity contribution in [2.24, 2.45) is 5.92 Å². The lowest BCUT2D eigenvalue weighted by Gasteiger charge is -2.12. The molecule has 2 rings (SSSR count). The molecule has 1 unspecified atom stereocenters. The van der Waals surface area contributed by atoms with Gasteiger partial charge in [0.1, 0.15) is 11.8 Å². The van der Waals surface area contributed by atoms with E-state index < -0.39 is 12.0 Å². The third-order valence-corrected chi connectivity index (χ3v) is 2.74. The van der Waals surface area contributed by atoms with Gasteiger partial charge in [0.15, 0.2) is 5.82 Å². The molecule has 1 aliphatic carbocycles. The van der Waals surface area contributed by atoms with Gasteiger partial charge < -0.3 is 14.9 Å². The summed E-state index contributed by atoms with van der Waals surface area (Å²) in [5.41, 5.74) is 0. The number of anilines is 1. The first-order chi connectivity index (χ1) is 8.56. The van der Waals surface area contributed by atoms with E-state index in [1.165, 1.54) is 0 Å². The molecule has 1 aromatic rings. The van der Waals surface area contributed by atoms with Crippen molar-refractivity contribution in [3.8, 4) is 0 Å². The number of carboxylic acid groups (broad SMARTS) is 1. The van der Waals surface area contributed by atoms with Gasteiger partial charge in [0.25, 0.3) is 0 Å². The molecule has 1 aliphatic rings. The van der Waals surface area contributed by atoms with Crippen molar-refractivity contribution in [2.45, 2.75) is 25.8 Å². The molecular formula is C11H15N3O4. The molecule has 0 bridgehead atoms. The van der Waals surface area contributed by atoms with Crippen molar-refractivity contribution in [3.63, 3.8) is 0 Å². The number of nitrogens with one attached hydrogen (secondary N) is 2. The van der Waals surface area contributed by atoms with E-state index in [0.717, 1.165) is 12.8 Å². The maximum Gasteiger partial charge on any atom is 0.320 e. The number of rotatable bonds is 6. The molecule has 0 aromatic carbocycles. The molecule has 7 heteroatoms. The molecule has 1 saturated carbocycles. The second-order valence-corrected chi connectivity index (χ2v) is 4.41. The fraction of sp³-hybridized carbons (Fsp3) is 0.545. The number of nitrogens with zero attached hydrogens (tertiary/aromatic N) is 1. The minimum absolute atomic E-state index is 0.0562. The summed E-state index contributed by atoms with van der Waals surface area (Å²) >= 11 is 0. The van der Waals surface area contributed by atoms with E-state index >= 15 is 0 Å². The Hall–Kier alpha value is -1.89. The predicted molar refractivity (Wildman–Crippen MR) is 62.0 cm³/mol. The number of aliphatic carboxylic acids is 1. The van der Waals surface area contributed by atoms with Gasteiger partial charge in [-0.05, 0) is 25.7 Å². The molecule has 1 amide bonds.